The molecular weight excluding hydrogens is 323 g/mol. The number of nitrogens with one attached hydrogen (secondary N) is 1. The summed E-state index contributed by atoms with van der Waals surface area (Å²) in [5.41, 5.74) is 1.48. The summed E-state index contributed by atoms with van der Waals surface area (Å²) in [5, 5.41) is 4.96. The van der Waals surface area contributed by atoms with Crippen LogP contribution in [0, 0.1) is 0 Å². The van der Waals surface area contributed by atoms with Gasteiger partial charge in [0.15, 0.2) is 0 Å². The van der Waals surface area contributed by atoms with Gasteiger partial charge in [-0.1, -0.05) is 0 Å². The maximum atomic E-state index is 12.5. The Morgan fingerprint density at radius 3 is 2.88 bits per heavy atom. The molecule has 0 saturated heterocycles. The molecule has 2 aromatic rings. The summed E-state index contributed by atoms with van der Waals surface area (Å²) in [6.45, 7) is 0.299. The van der Waals surface area contributed by atoms with Crippen LogP contribution < -0.4 is 5.32 Å². The van der Waals surface area contributed by atoms with Crippen molar-refractivity contribution in [3.63, 3.8) is 0 Å². The lowest BCUT2D eigenvalue weighted by Gasteiger charge is -2.34. The van der Waals surface area contributed by atoms with Gasteiger partial charge in [0.2, 0.25) is 0 Å². The standard InChI is InChI=1S/C18H25FN4S/c1-23(10-9-19)13-7-5-12(6-8-13)22-17-16-14-3-2-4-15(14)24-18(16)21-11-20-17/h11-13H,2-10H2,1H3,(H,20,21,22). The van der Waals surface area contributed by atoms with Crippen molar-refractivity contribution in [1.82, 2.24) is 14.9 Å². The number of fused-ring (bicyclic) bond motifs is 3. The van der Waals surface area contributed by atoms with Gasteiger partial charge in [-0.25, -0.2) is 14.4 Å². The van der Waals surface area contributed by atoms with Gasteiger partial charge in [-0.05, 0) is 57.6 Å². The molecule has 130 valence electrons. The average molecular weight is 348 g/mol. The van der Waals surface area contributed by atoms with E-state index in [0.717, 1.165) is 42.8 Å². The number of alkyl halides is 1. The third-order valence-electron chi connectivity index (χ3n) is 5.60. The second-order valence-corrected chi connectivity index (χ2v) is 8.16. The first kappa shape index (κ1) is 16.2. The Balaban J connectivity index is 1.46. The summed E-state index contributed by atoms with van der Waals surface area (Å²) in [4.78, 5) is 13.8. The monoisotopic (exact) mass is 348 g/mol. The van der Waals surface area contributed by atoms with Crippen LogP contribution in [0.15, 0.2) is 6.33 Å². The normalized spacial score (nSPS) is 23.8. The van der Waals surface area contributed by atoms with E-state index in [2.05, 4.69) is 20.2 Å². The minimum atomic E-state index is -0.253. The van der Waals surface area contributed by atoms with E-state index in [0.29, 0.717) is 18.6 Å². The predicted octanol–water partition coefficient (Wildman–Crippen LogP) is 3.80. The Bertz CT molecular complexity index is 708. The van der Waals surface area contributed by atoms with Gasteiger partial charge in [0.05, 0.1) is 5.39 Å². The van der Waals surface area contributed by atoms with Crippen molar-refractivity contribution >= 4 is 27.4 Å². The molecule has 0 amide bonds. The summed E-state index contributed by atoms with van der Waals surface area (Å²) in [6, 6.07) is 0.990. The molecule has 6 heteroatoms. The summed E-state index contributed by atoms with van der Waals surface area (Å²) in [7, 11) is 2.04. The SMILES string of the molecule is CN(CCF)C1CCC(Nc2ncnc3sc4c(c23)CCC4)CC1. The lowest BCUT2D eigenvalue weighted by molar-refractivity contribution is 0.174. The van der Waals surface area contributed by atoms with E-state index in [1.165, 1.54) is 28.7 Å². The molecule has 1 N–H and O–H groups in total. The fourth-order valence-corrected chi connectivity index (χ4v) is 5.44. The maximum absolute atomic E-state index is 12.5. The Kier molecular flexibility index (Phi) is 4.68. The molecule has 1 fully saturated rings. The molecule has 0 atom stereocenters. The highest BCUT2D eigenvalue weighted by atomic mass is 32.1. The molecule has 0 radical (unpaired) electrons. The fraction of sp³-hybridized carbons (Fsp3) is 0.667. The van der Waals surface area contributed by atoms with E-state index in [9.17, 15) is 4.39 Å². The van der Waals surface area contributed by atoms with Gasteiger partial charge in [0, 0.05) is 23.5 Å². The van der Waals surface area contributed by atoms with Crippen LogP contribution in [0.2, 0.25) is 0 Å². The minimum Gasteiger partial charge on any atom is -0.367 e. The molecule has 2 aromatic heterocycles. The van der Waals surface area contributed by atoms with E-state index in [-0.39, 0.29) is 6.67 Å². The van der Waals surface area contributed by atoms with Crippen molar-refractivity contribution < 1.29 is 4.39 Å². The number of hydrogen-bond donors (Lipinski definition) is 1. The van der Waals surface area contributed by atoms with Gasteiger partial charge in [0.1, 0.15) is 23.7 Å². The number of aromatic nitrogens is 2. The van der Waals surface area contributed by atoms with E-state index >= 15 is 0 Å². The zero-order valence-electron chi connectivity index (χ0n) is 14.2. The quantitative estimate of drug-likeness (QED) is 0.892. The Labute approximate surface area is 146 Å². The Hall–Kier alpha value is -1.27. The molecule has 0 aromatic carbocycles. The lowest BCUT2D eigenvalue weighted by Crippen LogP contribution is -2.39. The summed E-state index contributed by atoms with van der Waals surface area (Å²) in [6.07, 6.45) is 9.82. The number of thiophene rings is 1. The number of nitrogens with zero attached hydrogens (tertiary/aromatic N) is 3. The van der Waals surface area contributed by atoms with Crippen LogP contribution in [-0.2, 0) is 12.8 Å². The largest absolute Gasteiger partial charge is 0.367 e. The fourth-order valence-electron chi connectivity index (χ4n) is 4.21. The highest BCUT2D eigenvalue weighted by molar-refractivity contribution is 7.19. The minimum absolute atomic E-state index is 0.253. The average Bonchev–Trinajstić information content (AvgIpc) is 3.17. The van der Waals surface area contributed by atoms with Crippen LogP contribution >= 0.6 is 11.3 Å². The number of rotatable bonds is 5. The van der Waals surface area contributed by atoms with Crippen LogP contribution in [0.3, 0.4) is 0 Å². The molecule has 1 saturated carbocycles. The van der Waals surface area contributed by atoms with Crippen molar-refractivity contribution in [2.75, 3.05) is 25.6 Å². The number of aryl methyl sites for hydroxylation is 2. The molecule has 4 rings (SSSR count). The maximum Gasteiger partial charge on any atom is 0.138 e. The topological polar surface area (TPSA) is 41.0 Å². The Morgan fingerprint density at radius 2 is 2.08 bits per heavy atom. The highest BCUT2D eigenvalue weighted by Crippen LogP contribution is 2.39. The van der Waals surface area contributed by atoms with E-state index in [4.69, 9.17) is 0 Å². The number of anilines is 1. The van der Waals surface area contributed by atoms with Crippen molar-refractivity contribution in [2.24, 2.45) is 0 Å². The van der Waals surface area contributed by atoms with Crippen molar-refractivity contribution in [1.29, 1.82) is 0 Å². The van der Waals surface area contributed by atoms with Gasteiger partial charge in [-0.3, -0.25) is 0 Å². The first-order chi connectivity index (χ1) is 11.8. The van der Waals surface area contributed by atoms with Gasteiger partial charge >= 0.3 is 0 Å². The second kappa shape index (κ2) is 6.92. The van der Waals surface area contributed by atoms with Crippen molar-refractivity contribution in [3.8, 4) is 0 Å². The molecule has 2 aliphatic rings. The van der Waals surface area contributed by atoms with Crippen LogP contribution in [0.1, 0.15) is 42.5 Å². The van der Waals surface area contributed by atoms with Crippen molar-refractivity contribution in [2.45, 2.75) is 57.0 Å². The van der Waals surface area contributed by atoms with Crippen LogP contribution in [0.25, 0.3) is 10.2 Å². The predicted molar refractivity (Wildman–Crippen MR) is 97.7 cm³/mol. The Morgan fingerprint density at radius 1 is 1.25 bits per heavy atom. The second-order valence-electron chi connectivity index (χ2n) is 7.08. The lowest BCUT2D eigenvalue weighted by atomic mass is 9.90. The van der Waals surface area contributed by atoms with Crippen LogP contribution in [-0.4, -0.2) is 47.2 Å². The molecule has 0 unspecified atom stereocenters. The van der Waals surface area contributed by atoms with Crippen LogP contribution in [0.5, 0.6) is 0 Å². The third-order valence-corrected chi connectivity index (χ3v) is 6.80. The van der Waals surface area contributed by atoms with Gasteiger partial charge < -0.3 is 10.2 Å². The van der Waals surface area contributed by atoms with Gasteiger partial charge in [0.25, 0.3) is 0 Å². The molecule has 0 bridgehead atoms. The summed E-state index contributed by atoms with van der Waals surface area (Å²) < 4.78 is 12.5. The molecule has 4 nitrogen and oxygen atoms in total. The summed E-state index contributed by atoms with van der Waals surface area (Å²) in [5.74, 6) is 1.03. The van der Waals surface area contributed by atoms with Crippen LogP contribution in [0.4, 0.5) is 10.2 Å². The van der Waals surface area contributed by atoms with Gasteiger partial charge in [-0.15, -0.1) is 11.3 Å². The third kappa shape index (κ3) is 3.02. The van der Waals surface area contributed by atoms with Gasteiger partial charge in [-0.2, -0.15) is 0 Å². The molecule has 2 aliphatic carbocycles. The molecule has 0 aliphatic heterocycles. The first-order valence-corrected chi connectivity index (χ1v) is 9.86. The van der Waals surface area contributed by atoms with E-state index < -0.39 is 0 Å². The van der Waals surface area contributed by atoms with E-state index in [1.807, 2.05) is 18.4 Å². The number of hydrogen-bond acceptors (Lipinski definition) is 5. The highest BCUT2D eigenvalue weighted by Gasteiger charge is 2.26. The summed E-state index contributed by atoms with van der Waals surface area (Å²) >= 11 is 1.84. The molecule has 24 heavy (non-hydrogen) atoms. The number of halogens is 1. The van der Waals surface area contributed by atoms with E-state index in [1.54, 1.807) is 6.33 Å². The molecule has 0 spiro atoms. The molecular formula is C18H25FN4S. The first-order valence-electron chi connectivity index (χ1n) is 9.04. The zero-order chi connectivity index (χ0) is 16.5. The smallest absolute Gasteiger partial charge is 0.138 e. The molecule has 2 heterocycles. The zero-order valence-corrected chi connectivity index (χ0v) is 15.0. The van der Waals surface area contributed by atoms with Crippen molar-refractivity contribution in [3.05, 3.63) is 16.8 Å².